The molecule has 3 aromatic carbocycles. The molecule has 0 aliphatic carbocycles. The zero-order chi connectivity index (χ0) is 28.0. The molecule has 1 aromatic heterocycles. The fraction of sp³-hybridized carbons (Fsp3) is 0.344. The maximum Gasteiger partial charge on any atom is 0.322 e. The molecule has 0 unspecified atom stereocenters. The highest BCUT2D eigenvalue weighted by Crippen LogP contribution is 2.28. The highest BCUT2D eigenvalue weighted by molar-refractivity contribution is 6.03. The summed E-state index contributed by atoms with van der Waals surface area (Å²) in [5.41, 5.74) is 3.35. The molecule has 2 N–H and O–H groups in total. The van der Waals surface area contributed by atoms with E-state index in [1.807, 2.05) is 79.7 Å². The van der Waals surface area contributed by atoms with E-state index in [0.717, 1.165) is 52.7 Å². The third kappa shape index (κ3) is 6.85. The van der Waals surface area contributed by atoms with Crippen LogP contribution in [0, 0.1) is 6.92 Å². The normalized spacial score (nSPS) is 11.4. The Morgan fingerprint density at radius 3 is 2.38 bits per heavy atom. The Hall–Kier alpha value is -4.13. The van der Waals surface area contributed by atoms with Crippen molar-refractivity contribution in [1.29, 1.82) is 0 Å². The summed E-state index contributed by atoms with van der Waals surface area (Å²) in [6.07, 6.45) is 2.83. The average molecular weight is 526 g/mol. The summed E-state index contributed by atoms with van der Waals surface area (Å²) in [5.74, 6) is 0.317. The maximum atomic E-state index is 13.4. The Labute approximate surface area is 231 Å². The Balaban J connectivity index is 1.56. The van der Waals surface area contributed by atoms with Gasteiger partial charge in [0.1, 0.15) is 12.4 Å². The molecule has 0 atom stereocenters. The summed E-state index contributed by atoms with van der Waals surface area (Å²) in [6, 6.07) is 23.3. The van der Waals surface area contributed by atoms with Gasteiger partial charge in [-0.1, -0.05) is 95.1 Å². The third-order valence-electron chi connectivity index (χ3n) is 6.77. The Kier molecular flexibility index (Phi) is 8.69. The molecule has 7 heteroatoms. The van der Waals surface area contributed by atoms with Gasteiger partial charge in [-0.3, -0.25) is 4.79 Å². The molecule has 0 fully saturated rings. The fourth-order valence-corrected chi connectivity index (χ4v) is 4.51. The number of fused-ring (bicyclic) bond motifs is 1. The van der Waals surface area contributed by atoms with Crippen LogP contribution in [0.15, 0.2) is 72.8 Å². The minimum Gasteiger partial charge on any atom is -0.315 e. The summed E-state index contributed by atoms with van der Waals surface area (Å²) in [4.78, 5) is 28.4. The number of hydrogen-bond acceptors (Lipinski definition) is 3. The minimum absolute atomic E-state index is 0.0654. The van der Waals surface area contributed by atoms with Crippen molar-refractivity contribution in [2.45, 2.75) is 59.3 Å². The first-order valence-electron chi connectivity index (χ1n) is 13.7. The lowest BCUT2D eigenvalue weighted by Crippen LogP contribution is -2.41. The zero-order valence-corrected chi connectivity index (χ0v) is 23.6. The number of hydrogen-bond donors (Lipinski definition) is 2. The molecule has 0 aliphatic heterocycles. The van der Waals surface area contributed by atoms with Gasteiger partial charge in [0.25, 0.3) is 0 Å². The smallest absolute Gasteiger partial charge is 0.315 e. The first-order chi connectivity index (χ1) is 18.7. The second kappa shape index (κ2) is 12.2. The summed E-state index contributed by atoms with van der Waals surface area (Å²) in [7, 11) is 0. The third-order valence-corrected chi connectivity index (χ3v) is 6.77. The van der Waals surface area contributed by atoms with Crippen molar-refractivity contribution in [2.24, 2.45) is 0 Å². The van der Waals surface area contributed by atoms with Crippen molar-refractivity contribution in [3.8, 4) is 5.69 Å². The van der Waals surface area contributed by atoms with Crippen LogP contribution in [-0.4, -0.2) is 39.7 Å². The van der Waals surface area contributed by atoms with E-state index >= 15 is 0 Å². The molecular weight excluding hydrogens is 486 g/mol. The highest BCUT2D eigenvalue weighted by atomic mass is 16.2. The monoisotopic (exact) mass is 525 g/mol. The number of amides is 3. The molecule has 0 saturated heterocycles. The van der Waals surface area contributed by atoms with Crippen LogP contribution in [0.3, 0.4) is 0 Å². The SMILES string of the molecule is CCCCCN(CC(=O)Nc1cc(C(C)(C)C)nn1-c1ccccc1C)C(=O)Nc1cccc2ccccc12. The topological polar surface area (TPSA) is 79.3 Å². The number of carbonyl (C=O) groups excluding carboxylic acids is 2. The molecule has 0 spiro atoms. The predicted octanol–water partition coefficient (Wildman–Crippen LogP) is 7.29. The Bertz CT molecular complexity index is 1450. The van der Waals surface area contributed by atoms with Crippen LogP contribution in [0.2, 0.25) is 0 Å². The van der Waals surface area contributed by atoms with Gasteiger partial charge in [0.15, 0.2) is 0 Å². The van der Waals surface area contributed by atoms with Crippen molar-refractivity contribution in [3.05, 3.63) is 84.1 Å². The van der Waals surface area contributed by atoms with Crippen molar-refractivity contribution < 1.29 is 9.59 Å². The van der Waals surface area contributed by atoms with Gasteiger partial charge >= 0.3 is 6.03 Å². The summed E-state index contributed by atoms with van der Waals surface area (Å²) < 4.78 is 1.78. The first kappa shape index (κ1) is 27.9. The van der Waals surface area contributed by atoms with E-state index in [2.05, 4.69) is 38.3 Å². The van der Waals surface area contributed by atoms with Crippen molar-refractivity contribution >= 4 is 34.2 Å². The Morgan fingerprint density at radius 1 is 0.923 bits per heavy atom. The van der Waals surface area contributed by atoms with Gasteiger partial charge in [0.05, 0.1) is 17.1 Å². The molecule has 4 rings (SSSR count). The lowest BCUT2D eigenvalue weighted by molar-refractivity contribution is -0.116. The van der Waals surface area contributed by atoms with Gasteiger partial charge < -0.3 is 15.5 Å². The molecular formula is C32H39N5O2. The van der Waals surface area contributed by atoms with E-state index in [4.69, 9.17) is 5.10 Å². The molecule has 0 bridgehead atoms. The van der Waals surface area contributed by atoms with Crippen LogP contribution in [0.25, 0.3) is 16.5 Å². The highest BCUT2D eigenvalue weighted by Gasteiger charge is 2.24. The quantitative estimate of drug-likeness (QED) is 0.225. The van der Waals surface area contributed by atoms with Crippen molar-refractivity contribution in [3.63, 3.8) is 0 Å². The molecule has 1 heterocycles. The first-order valence-corrected chi connectivity index (χ1v) is 13.7. The number of nitrogens with one attached hydrogen (secondary N) is 2. The number of benzene rings is 3. The second-order valence-corrected chi connectivity index (χ2v) is 11.0. The largest absolute Gasteiger partial charge is 0.322 e. The average Bonchev–Trinajstić information content (AvgIpc) is 3.32. The molecule has 3 amide bonds. The van der Waals surface area contributed by atoms with Crippen molar-refractivity contribution in [2.75, 3.05) is 23.7 Å². The minimum atomic E-state index is -0.291. The molecule has 39 heavy (non-hydrogen) atoms. The molecule has 0 saturated carbocycles. The molecule has 204 valence electrons. The van der Waals surface area contributed by atoms with Crippen molar-refractivity contribution in [1.82, 2.24) is 14.7 Å². The Morgan fingerprint density at radius 2 is 1.64 bits per heavy atom. The summed E-state index contributed by atoms with van der Waals surface area (Å²) in [6.45, 7) is 10.8. The number of nitrogens with zero attached hydrogens (tertiary/aromatic N) is 3. The predicted molar refractivity (Wildman–Crippen MR) is 160 cm³/mol. The molecule has 7 nitrogen and oxygen atoms in total. The van der Waals surface area contributed by atoms with E-state index in [9.17, 15) is 9.59 Å². The van der Waals surface area contributed by atoms with E-state index in [1.165, 1.54) is 0 Å². The molecule has 0 radical (unpaired) electrons. The van der Waals surface area contributed by atoms with Gasteiger partial charge in [-0.25, -0.2) is 9.48 Å². The van der Waals surface area contributed by atoms with Gasteiger partial charge in [0, 0.05) is 23.4 Å². The number of unbranched alkanes of at least 4 members (excludes halogenated alkanes) is 2. The van der Waals surface area contributed by atoms with E-state index in [-0.39, 0.29) is 23.9 Å². The fourth-order valence-electron chi connectivity index (χ4n) is 4.51. The summed E-state index contributed by atoms with van der Waals surface area (Å²) in [5, 5.41) is 12.9. The number of anilines is 2. The van der Waals surface area contributed by atoms with E-state index in [0.29, 0.717) is 12.4 Å². The van der Waals surface area contributed by atoms with Gasteiger partial charge in [-0.2, -0.15) is 5.10 Å². The number of aryl methyl sites for hydroxylation is 1. The lowest BCUT2D eigenvalue weighted by Gasteiger charge is -2.23. The standard InChI is InChI=1S/C32H39N5O2/c1-6-7-12-20-36(31(39)33-26-18-13-16-24-15-9-10-17-25(24)26)22-30(38)34-29-21-28(32(3,4)5)35-37(29)27-19-11-8-14-23(27)2/h8-11,13-19,21H,6-7,12,20,22H2,1-5H3,(H,33,39)(H,34,38). The lowest BCUT2D eigenvalue weighted by atomic mass is 9.92. The second-order valence-electron chi connectivity index (χ2n) is 11.0. The van der Waals surface area contributed by atoms with Gasteiger partial charge in [-0.15, -0.1) is 0 Å². The maximum absolute atomic E-state index is 13.4. The number of para-hydroxylation sites is 1. The number of carbonyl (C=O) groups is 2. The van der Waals surface area contributed by atoms with E-state index < -0.39 is 0 Å². The van der Waals surface area contributed by atoms with Gasteiger partial charge in [0.2, 0.25) is 5.91 Å². The van der Waals surface area contributed by atoms with E-state index in [1.54, 1.807) is 9.58 Å². The number of urea groups is 1. The van der Waals surface area contributed by atoms with Crippen LogP contribution in [0.5, 0.6) is 0 Å². The number of rotatable bonds is 9. The van der Waals surface area contributed by atoms with Crippen LogP contribution in [0.1, 0.15) is 58.2 Å². The summed E-state index contributed by atoms with van der Waals surface area (Å²) >= 11 is 0. The van der Waals surface area contributed by atoms with Crippen LogP contribution in [-0.2, 0) is 10.2 Å². The van der Waals surface area contributed by atoms with Crippen LogP contribution in [0.4, 0.5) is 16.3 Å². The van der Waals surface area contributed by atoms with Gasteiger partial charge in [-0.05, 0) is 36.4 Å². The van der Waals surface area contributed by atoms with Crippen LogP contribution >= 0.6 is 0 Å². The van der Waals surface area contributed by atoms with Crippen LogP contribution < -0.4 is 10.6 Å². The molecule has 0 aliphatic rings. The number of aromatic nitrogens is 2. The molecule has 4 aromatic rings. The zero-order valence-electron chi connectivity index (χ0n) is 23.6.